The fourth-order valence-corrected chi connectivity index (χ4v) is 10.2. The van der Waals surface area contributed by atoms with Crippen LogP contribution < -0.4 is 0 Å². The van der Waals surface area contributed by atoms with Gasteiger partial charge in [0.1, 0.15) is 16.8 Å². The van der Waals surface area contributed by atoms with Gasteiger partial charge in [0.25, 0.3) is 0 Å². The SMILES string of the molecule is c1ccc(-c2nc(-c3ccc(-n4c5ccccc5c5ccccc54)cc3)nc(-c3cccc4c3sc3cc(-c5nc(-c6ccccc6)c6oc7ccccc7c6n5)ccc34)n2)cc1. The van der Waals surface area contributed by atoms with E-state index in [1.165, 1.54) is 21.8 Å². The number of para-hydroxylation sites is 3. The minimum Gasteiger partial charge on any atom is -0.452 e. The predicted octanol–water partition coefficient (Wildman–Crippen LogP) is 14.4. The van der Waals surface area contributed by atoms with Gasteiger partial charge in [-0.2, -0.15) is 0 Å². The normalized spacial score (nSPS) is 11.8. The molecular formula is C55H32N6OS. The Morgan fingerprint density at radius 3 is 1.70 bits per heavy atom. The van der Waals surface area contributed by atoms with E-state index in [-0.39, 0.29) is 0 Å². The van der Waals surface area contributed by atoms with Crippen molar-refractivity contribution in [3.05, 3.63) is 194 Å². The van der Waals surface area contributed by atoms with Crippen LogP contribution in [0, 0.1) is 0 Å². The molecule has 5 aromatic heterocycles. The molecule has 0 spiro atoms. The van der Waals surface area contributed by atoms with E-state index in [2.05, 4.69) is 132 Å². The molecular weight excluding hydrogens is 793 g/mol. The van der Waals surface area contributed by atoms with Crippen molar-refractivity contribution >= 4 is 75.4 Å². The summed E-state index contributed by atoms with van der Waals surface area (Å²) >= 11 is 1.73. The Hall–Kier alpha value is -8.33. The molecule has 0 atom stereocenters. The first kappa shape index (κ1) is 35.4. The second kappa shape index (κ2) is 14.1. The van der Waals surface area contributed by atoms with E-state index in [1.54, 1.807) is 11.3 Å². The summed E-state index contributed by atoms with van der Waals surface area (Å²) in [6, 6.07) is 66.9. The Balaban J connectivity index is 0.941. The number of fused-ring (bicyclic) bond motifs is 9. The first-order chi connectivity index (χ1) is 31.2. The fraction of sp³-hybridized carbons (Fsp3) is 0. The van der Waals surface area contributed by atoms with Gasteiger partial charge in [-0.3, -0.25) is 0 Å². The summed E-state index contributed by atoms with van der Waals surface area (Å²) in [4.78, 5) is 25.7. The summed E-state index contributed by atoms with van der Waals surface area (Å²) in [7, 11) is 0. The molecule has 0 aliphatic heterocycles. The number of furan rings is 1. The van der Waals surface area contributed by atoms with Crippen molar-refractivity contribution in [1.29, 1.82) is 0 Å². The summed E-state index contributed by atoms with van der Waals surface area (Å²) in [5.41, 5.74) is 11.1. The van der Waals surface area contributed by atoms with Crippen LogP contribution in [0.3, 0.4) is 0 Å². The van der Waals surface area contributed by atoms with E-state index in [9.17, 15) is 0 Å². The van der Waals surface area contributed by atoms with Gasteiger partial charge in [0.15, 0.2) is 28.9 Å². The van der Waals surface area contributed by atoms with Crippen LogP contribution in [0.4, 0.5) is 0 Å². The summed E-state index contributed by atoms with van der Waals surface area (Å²) in [6.07, 6.45) is 0. The fourth-order valence-electron chi connectivity index (χ4n) is 8.93. The first-order valence-corrected chi connectivity index (χ1v) is 21.6. The molecule has 8 aromatic carbocycles. The molecule has 0 N–H and O–H groups in total. The number of aromatic nitrogens is 6. The van der Waals surface area contributed by atoms with Gasteiger partial charge in [0, 0.05) is 69.8 Å². The Kier molecular flexibility index (Phi) is 7.94. The van der Waals surface area contributed by atoms with Crippen LogP contribution in [-0.2, 0) is 0 Å². The highest BCUT2D eigenvalue weighted by atomic mass is 32.1. The highest BCUT2D eigenvalue weighted by Gasteiger charge is 2.21. The Morgan fingerprint density at radius 2 is 0.968 bits per heavy atom. The van der Waals surface area contributed by atoms with Crippen molar-refractivity contribution in [1.82, 2.24) is 29.5 Å². The van der Waals surface area contributed by atoms with Crippen molar-refractivity contribution in [3.8, 4) is 62.5 Å². The molecule has 0 radical (unpaired) electrons. The minimum atomic E-state index is 0.613. The number of thiophene rings is 1. The molecule has 63 heavy (non-hydrogen) atoms. The van der Waals surface area contributed by atoms with Gasteiger partial charge in [-0.05, 0) is 60.7 Å². The molecule has 0 bridgehead atoms. The third kappa shape index (κ3) is 5.76. The predicted molar refractivity (Wildman–Crippen MR) is 257 cm³/mol. The zero-order chi connectivity index (χ0) is 41.4. The molecule has 0 saturated heterocycles. The summed E-state index contributed by atoms with van der Waals surface area (Å²) < 4.78 is 10.9. The Labute approximate surface area is 364 Å². The number of benzene rings is 8. The van der Waals surface area contributed by atoms with Gasteiger partial charge < -0.3 is 8.98 Å². The number of rotatable bonds is 6. The highest BCUT2D eigenvalue weighted by Crippen LogP contribution is 2.42. The minimum absolute atomic E-state index is 0.613. The lowest BCUT2D eigenvalue weighted by molar-refractivity contribution is 0.667. The van der Waals surface area contributed by atoms with E-state index in [0.29, 0.717) is 28.9 Å². The average molecular weight is 825 g/mol. The number of hydrogen-bond donors (Lipinski definition) is 0. The van der Waals surface area contributed by atoms with Crippen LogP contribution in [0.2, 0.25) is 0 Å². The lowest BCUT2D eigenvalue weighted by Crippen LogP contribution is -2.00. The lowest BCUT2D eigenvalue weighted by atomic mass is 10.1. The van der Waals surface area contributed by atoms with E-state index < -0.39 is 0 Å². The summed E-state index contributed by atoms with van der Waals surface area (Å²) in [6.45, 7) is 0. The number of nitrogens with zero attached hydrogens (tertiary/aromatic N) is 6. The standard InChI is InChI=1S/C55H32N6OS/c1-3-14-33(15-4-1)48-50-49(42-20-9-12-25-46(42)62-50)57-54(56-48)36-28-31-40-41-21-13-22-43(51(41)63-47(40)32-36)55-59-52(34-16-5-2-6-17-34)58-53(60-55)35-26-29-37(30-27-35)61-44-23-10-7-18-38(44)39-19-8-11-24-45(39)61/h1-32H. The molecule has 0 saturated carbocycles. The average Bonchev–Trinajstić information content (AvgIpc) is 4.04. The maximum absolute atomic E-state index is 6.38. The zero-order valence-corrected chi connectivity index (χ0v) is 34.3. The van der Waals surface area contributed by atoms with Crippen LogP contribution in [0.5, 0.6) is 0 Å². The van der Waals surface area contributed by atoms with Gasteiger partial charge in [-0.1, -0.05) is 133 Å². The largest absolute Gasteiger partial charge is 0.452 e. The van der Waals surface area contributed by atoms with Crippen molar-refractivity contribution in [2.75, 3.05) is 0 Å². The smallest absolute Gasteiger partial charge is 0.180 e. The van der Waals surface area contributed by atoms with E-state index in [1.807, 2.05) is 66.7 Å². The monoisotopic (exact) mass is 824 g/mol. The van der Waals surface area contributed by atoms with Gasteiger partial charge in [-0.15, -0.1) is 11.3 Å². The quantitative estimate of drug-likeness (QED) is 0.166. The van der Waals surface area contributed by atoms with Crippen molar-refractivity contribution in [3.63, 3.8) is 0 Å². The van der Waals surface area contributed by atoms with E-state index in [4.69, 9.17) is 29.3 Å². The highest BCUT2D eigenvalue weighted by molar-refractivity contribution is 7.26. The van der Waals surface area contributed by atoms with Gasteiger partial charge in [0.2, 0.25) is 0 Å². The lowest BCUT2D eigenvalue weighted by Gasteiger charge is -2.11. The topological polar surface area (TPSA) is 82.5 Å². The van der Waals surface area contributed by atoms with Crippen LogP contribution >= 0.6 is 11.3 Å². The Morgan fingerprint density at radius 1 is 0.397 bits per heavy atom. The first-order valence-electron chi connectivity index (χ1n) is 20.8. The molecule has 0 aliphatic carbocycles. The van der Waals surface area contributed by atoms with Crippen LogP contribution in [0.1, 0.15) is 0 Å². The molecule has 13 aromatic rings. The maximum atomic E-state index is 6.38. The molecule has 8 heteroatoms. The van der Waals surface area contributed by atoms with E-state index >= 15 is 0 Å². The number of hydrogen-bond acceptors (Lipinski definition) is 7. The van der Waals surface area contributed by atoms with Crippen LogP contribution in [0.25, 0.3) is 127 Å². The maximum Gasteiger partial charge on any atom is 0.180 e. The molecule has 0 unspecified atom stereocenters. The molecule has 0 aliphatic rings. The van der Waals surface area contributed by atoms with Crippen molar-refractivity contribution in [2.45, 2.75) is 0 Å². The van der Waals surface area contributed by atoms with Crippen LogP contribution in [-0.4, -0.2) is 29.5 Å². The van der Waals surface area contributed by atoms with E-state index in [0.717, 1.165) is 75.9 Å². The van der Waals surface area contributed by atoms with Crippen LogP contribution in [0.15, 0.2) is 199 Å². The van der Waals surface area contributed by atoms with Gasteiger partial charge >= 0.3 is 0 Å². The van der Waals surface area contributed by atoms with Crippen molar-refractivity contribution < 1.29 is 4.42 Å². The second-order valence-corrected chi connectivity index (χ2v) is 16.7. The van der Waals surface area contributed by atoms with Gasteiger partial charge in [0.05, 0.1) is 11.0 Å². The second-order valence-electron chi connectivity index (χ2n) is 15.6. The molecule has 5 heterocycles. The molecule has 0 fully saturated rings. The third-order valence-corrected chi connectivity index (χ3v) is 13.1. The summed E-state index contributed by atoms with van der Waals surface area (Å²) in [5, 5.41) is 5.71. The molecule has 0 amide bonds. The zero-order valence-electron chi connectivity index (χ0n) is 33.5. The van der Waals surface area contributed by atoms with Gasteiger partial charge in [-0.25, -0.2) is 24.9 Å². The molecule has 7 nitrogen and oxygen atoms in total. The Bertz CT molecular complexity index is 3860. The third-order valence-electron chi connectivity index (χ3n) is 11.9. The molecule has 13 rings (SSSR count). The summed E-state index contributed by atoms with van der Waals surface area (Å²) in [5.74, 6) is 2.50. The van der Waals surface area contributed by atoms with Crippen molar-refractivity contribution in [2.24, 2.45) is 0 Å². The molecule has 294 valence electrons.